The van der Waals surface area contributed by atoms with E-state index in [0.29, 0.717) is 17.1 Å². The second-order valence-electron chi connectivity index (χ2n) is 6.18. The summed E-state index contributed by atoms with van der Waals surface area (Å²) in [5.74, 6) is 0.931. The Labute approximate surface area is 192 Å². The summed E-state index contributed by atoms with van der Waals surface area (Å²) in [4.78, 5) is 10.4. The molecule has 0 aliphatic carbocycles. The van der Waals surface area contributed by atoms with Crippen LogP contribution in [0.4, 0.5) is 11.6 Å². The number of hydrogen-bond acceptors (Lipinski definition) is 8. The van der Waals surface area contributed by atoms with Gasteiger partial charge in [0, 0.05) is 43.0 Å². The quantitative estimate of drug-likeness (QED) is 0.308. The molecule has 0 spiro atoms. The van der Waals surface area contributed by atoms with Crippen molar-refractivity contribution in [3.8, 4) is 11.1 Å². The molecule has 4 heterocycles. The molecule has 0 radical (unpaired) electrons. The molecule has 30 heavy (non-hydrogen) atoms. The van der Waals surface area contributed by atoms with Gasteiger partial charge in [0.1, 0.15) is 11.6 Å². The zero-order valence-electron chi connectivity index (χ0n) is 16.5. The van der Waals surface area contributed by atoms with Crippen LogP contribution in [0.3, 0.4) is 0 Å². The van der Waals surface area contributed by atoms with E-state index < -0.39 is 7.12 Å². The average molecular weight is 505 g/mol. The maximum atomic E-state index is 8.59. The Morgan fingerprint density at radius 1 is 0.833 bits per heavy atom. The first-order valence-electron chi connectivity index (χ1n) is 8.80. The van der Waals surface area contributed by atoms with Crippen LogP contribution in [-0.4, -0.2) is 27.1 Å². The summed E-state index contributed by atoms with van der Waals surface area (Å²) >= 11 is 6.84. The fraction of sp³-hybridized carbons (Fsp3) is 0.100. The summed E-state index contributed by atoms with van der Waals surface area (Å²) < 4.78 is 1.19. The van der Waals surface area contributed by atoms with Crippen molar-refractivity contribution in [2.75, 3.05) is 11.5 Å². The minimum absolute atomic E-state index is 0.342. The van der Waals surface area contributed by atoms with Crippen molar-refractivity contribution >= 4 is 62.8 Å². The third-order valence-electron chi connectivity index (χ3n) is 3.66. The molecular formula is C20H22BBrN4O2S2. The van der Waals surface area contributed by atoms with Crippen molar-refractivity contribution in [1.29, 1.82) is 0 Å². The maximum absolute atomic E-state index is 8.59. The van der Waals surface area contributed by atoms with Crippen LogP contribution in [-0.2, 0) is 0 Å². The highest BCUT2D eigenvalue weighted by molar-refractivity contribution is 9.10. The number of thiophene rings is 2. The van der Waals surface area contributed by atoms with E-state index in [9.17, 15) is 0 Å². The average Bonchev–Trinajstić information content (AvgIpc) is 3.31. The van der Waals surface area contributed by atoms with E-state index in [-0.39, 0.29) is 0 Å². The number of hydrogen-bond donors (Lipinski definition) is 4. The van der Waals surface area contributed by atoms with Gasteiger partial charge >= 0.3 is 7.12 Å². The molecule has 0 saturated carbocycles. The molecule has 0 aliphatic rings. The molecule has 0 amide bonds. The molecule has 4 aromatic rings. The first-order chi connectivity index (χ1) is 14.2. The van der Waals surface area contributed by atoms with Gasteiger partial charge in [-0.25, -0.2) is 9.97 Å². The highest BCUT2D eigenvalue weighted by Crippen LogP contribution is 2.24. The Morgan fingerprint density at radius 3 is 1.80 bits per heavy atom. The van der Waals surface area contributed by atoms with Crippen molar-refractivity contribution in [3.05, 3.63) is 73.8 Å². The zero-order valence-corrected chi connectivity index (χ0v) is 19.7. The number of aryl methyl sites for hydroxylation is 2. The van der Waals surface area contributed by atoms with Gasteiger partial charge in [-0.2, -0.15) is 0 Å². The lowest BCUT2D eigenvalue weighted by molar-refractivity contribution is 0.425. The van der Waals surface area contributed by atoms with Crippen LogP contribution in [0.25, 0.3) is 11.1 Å². The van der Waals surface area contributed by atoms with Crippen molar-refractivity contribution in [3.63, 3.8) is 0 Å². The first-order valence-corrected chi connectivity index (χ1v) is 11.3. The molecule has 0 unspecified atom stereocenters. The van der Waals surface area contributed by atoms with Gasteiger partial charge < -0.3 is 21.5 Å². The van der Waals surface area contributed by atoms with Gasteiger partial charge in [0.15, 0.2) is 0 Å². The molecule has 4 rings (SSSR count). The molecule has 0 aromatic carbocycles. The van der Waals surface area contributed by atoms with Gasteiger partial charge in [0.25, 0.3) is 0 Å². The van der Waals surface area contributed by atoms with E-state index in [2.05, 4.69) is 62.6 Å². The maximum Gasteiger partial charge on any atom is 0.490 e. The van der Waals surface area contributed by atoms with Gasteiger partial charge in [-0.3, -0.25) is 0 Å². The summed E-state index contributed by atoms with van der Waals surface area (Å²) in [6.45, 7) is 4.19. The molecule has 156 valence electrons. The number of rotatable bonds is 2. The van der Waals surface area contributed by atoms with Crippen LogP contribution >= 0.6 is 38.6 Å². The third-order valence-corrected chi connectivity index (χ3v) is 6.14. The molecule has 4 aromatic heterocycles. The normalized spacial score (nSPS) is 9.77. The van der Waals surface area contributed by atoms with Crippen LogP contribution in [0.5, 0.6) is 0 Å². The fourth-order valence-corrected chi connectivity index (χ4v) is 4.20. The summed E-state index contributed by atoms with van der Waals surface area (Å²) in [6, 6.07) is 11.1. The molecule has 6 N–H and O–H groups in total. The number of aromatic nitrogens is 2. The van der Waals surface area contributed by atoms with Crippen LogP contribution in [0.1, 0.15) is 9.75 Å². The van der Waals surface area contributed by atoms with Gasteiger partial charge in [-0.05, 0) is 71.1 Å². The topological polar surface area (TPSA) is 118 Å². The lowest BCUT2D eigenvalue weighted by Gasteiger charge is -1.96. The Morgan fingerprint density at radius 2 is 1.43 bits per heavy atom. The van der Waals surface area contributed by atoms with E-state index in [4.69, 9.17) is 21.5 Å². The van der Waals surface area contributed by atoms with Gasteiger partial charge in [0.05, 0.1) is 0 Å². The van der Waals surface area contributed by atoms with Crippen LogP contribution in [0.15, 0.2) is 64.0 Å². The number of anilines is 2. The van der Waals surface area contributed by atoms with Crippen LogP contribution in [0.2, 0.25) is 0 Å². The largest absolute Gasteiger partial charge is 0.490 e. The van der Waals surface area contributed by atoms with E-state index in [1.165, 1.54) is 38.1 Å². The Hall–Kier alpha value is -2.24. The molecular weight excluding hydrogens is 483 g/mol. The van der Waals surface area contributed by atoms with Crippen LogP contribution < -0.4 is 16.9 Å². The minimum atomic E-state index is -1.46. The van der Waals surface area contributed by atoms with Crippen molar-refractivity contribution in [2.24, 2.45) is 0 Å². The first kappa shape index (κ1) is 24.0. The SMILES string of the molecule is Cc1cc(-c2ccc(N)nc2)cs1.Cc1cc(Br)cs1.Nc1ccc(B(O)O)cn1. The number of pyridine rings is 2. The second kappa shape index (κ2) is 11.8. The molecule has 6 nitrogen and oxygen atoms in total. The lowest BCUT2D eigenvalue weighted by Crippen LogP contribution is -2.29. The lowest BCUT2D eigenvalue weighted by atomic mass is 9.82. The van der Waals surface area contributed by atoms with Crippen molar-refractivity contribution in [2.45, 2.75) is 13.8 Å². The van der Waals surface area contributed by atoms with Gasteiger partial charge in [-0.1, -0.05) is 6.07 Å². The van der Waals surface area contributed by atoms with Crippen molar-refractivity contribution in [1.82, 2.24) is 9.97 Å². The number of halogens is 1. The van der Waals surface area contributed by atoms with Crippen LogP contribution in [0, 0.1) is 13.8 Å². The van der Waals surface area contributed by atoms with Gasteiger partial charge in [0.2, 0.25) is 0 Å². The monoisotopic (exact) mass is 504 g/mol. The minimum Gasteiger partial charge on any atom is -0.423 e. The summed E-state index contributed by atoms with van der Waals surface area (Å²) in [6.07, 6.45) is 3.12. The zero-order chi connectivity index (χ0) is 22.1. The summed E-state index contributed by atoms with van der Waals surface area (Å²) in [5.41, 5.74) is 13.4. The number of nitrogen functional groups attached to an aromatic ring is 2. The molecule has 0 aliphatic heterocycles. The smallest absolute Gasteiger partial charge is 0.423 e. The molecule has 0 bridgehead atoms. The highest BCUT2D eigenvalue weighted by Gasteiger charge is 2.09. The number of nitrogens with two attached hydrogens (primary N) is 2. The fourth-order valence-electron chi connectivity index (χ4n) is 2.15. The summed E-state index contributed by atoms with van der Waals surface area (Å²) in [5, 5.41) is 21.4. The highest BCUT2D eigenvalue weighted by atomic mass is 79.9. The van der Waals surface area contributed by atoms with Crippen molar-refractivity contribution < 1.29 is 10.0 Å². The Bertz CT molecular complexity index is 1020. The molecule has 0 fully saturated rings. The molecule has 0 atom stereocenters. The van der Waals surface area contributed by atoms with E-state index >= 15 is 0 Å². The van der Waals surface area contributed by atoms with E-state index in [0.717, 1.165) is 5.56 Å². The summed E-state index contributed by atoms with van der Waals surface area (Å²) in [7, 11) is -1.46. The Kier molecular flexibility index (Phi) is 9.47. The predicted octanol–water partition coefficient (Wildman–Crippen LogP) is 3.86. The molecule has 10 heteroatoms. The van der Waals surface area contributed by atoms with Gasteiger partial charge in [-0.15, -0.1) is 22.7 Å². The molecule has 0 saturated heterocycles. The third kappa shape index (κ3) is 8.25. The van der Waals surface area contributed by atoms with E-state index in [1.807, 2.05) is 12.1 Å². The Balaban J connectivity index is 0.000000168. The van der Waals surface area contributed by atoms with E-state index in [1.54, 1.807) is 28.9 Å². The second-order valence-corrected chi connectivity index (χ2v) is 9.33. The standard InChI is InChI=1S/C10H10N2S.C5H7BN2O2.C5H5BrS/c1-7-4-9(6-13-7)8-2-3-10(11)12-5-8;7-5-2-1-4(3-8-5)6(9)10;1-4-2-5(6)3-7-4/h2-6H,1H3,(H2,11,12);1-3,9-10H,(H2,7,8);2-3H,1H3. The predicted molar refractivity (Wildman–Crippen MR) is 132 cm³/mol. The number of nitrogens with zero attached hydrogens (tertiary/aromatic N) is 2.